The summed E-state index contributed by atoms with van der Waals surface area (Å²) in [6.07, 6.45) is 16.3. The van der Waals surface area contributed by atoms with Gasteiger partial charge in [-0.05, 0) is 92.1 Å². The minimum atomic E-state index is -1.34. The molecule has 1 saturated heterocycles. The van der Waals surface area contributed by atoms with Gasteiger partial charge in [-0.3, -0.25) is 10.2 Å². The Labute approximate surface area is 292 Å². The number of rotatable bonds is 11. The van der Waals surface area contributed by atoms with Gasteiger partial charge < -0.3 is 19.7 Å². The predicted molar refractivity (Wildman–Crippen MR) is 188 cm³/mol. The SMILES string of the molecule is CC(=O)O[C@@]12C[C@]3(C)C=C[C@@H](CC[C@H](C)CCCc4ccccc4)[C@@]4([C@@H](O)CC[C@@](C)([C@@H]5CCC[C@H]5NN1)[C@@H]42)[C@@]3(O)CCC1=CC(=O)OC1. The van der Waals surface area contributed by atoms with E-state index in [0.717, 1.165) is 63.4 Å². The molecule has 0 aromatic heterocycles. The van der Waals surface area contributed by atoms with Crippen molar-refractivity contribution in [2.75, 3.05) is 6.61 Å². The van der Waals surface area contributed by atoms with E-state index in [1.165, 1.54) is 12.5 Å². The van der Waals surface area contributed by atoms with Gasteiger partial charge in [0.2, 0.25) is 0 Å². The van der Waals surface area contributed by atoms with Crippen molar-refractivity contribution in [3.63, 3.8) is 0 Å². The summed E-state index contributed by atoms with van der Waals surface area (Å²) in [5, 5.41) is 26.6. The first-order chi connectivity index (χ1) is 23.4. The van der Waals surface area contributed by atoms with Crippen LogP contribution in [0, 0.1) is 39.9 Å². The second-order valence-corrected chi connectivity index (χ2v) is 17.2. The summed E-state index contributed by atoms with van der Waals surface area (Å²) in [6, 6.07) is 10.9. The molecule has 268 valence electrons. The minimum Gasteiger partial charge on any atom is -0.458 e. The Hall–Kier alpha value is -2.52. The molecule has 1 aromatic carbocycles. The van der Waals surface area contributed by atoms with Gasteiger partial charge in [0.25, 0.3) is 0 Å². The molecule has 11 atom stereocenters. The van der Waals surface area contributed by atoms with Gasteiger partial charge in [0.15, 0.2) is 5.72 Å². The molecule has 0 radical (unpaired) electrons. The van der Waals surface area contributed by atoms with Crippen LogP contribution in [0.1, 0.15) is 110 Å². The van der Waals surface area contributed by atoms with Gasteiger partial charge in [-0.15, -0.1) is 0 Å². The quantitative estimate of drug-likeness (QED) is 0.159. The number of benzene rings is 1. The highest BCUT2D eigenvalue weighted by Crippen LogP contribution is 2.77. The lowest BCUT2D eigenvalue weighted by molar-refractivity contribution is -0.357. The molecule has 2 bridgehead atoms. The first-order valence-electron chi connectivity index (χ1n) is 19.1. The first kappa shape index (κ1) is 34.9. The number of aliphatic hydroxyl groups is 2. The molecule has 1 aromatic rings. The summed E-state index contributed by atoms with van der Waals surface area (Å²) in [6.45, 7) is 8.53. The number of fused-ring (bicyclic) bond motifs is 3. The highest BCUT2D eigenvalue weighted by molar-refractivity contribution is 5.85. The highest BCUT2D eigenvalue weighted by Gasteiger charge is 2.82. The Kier molecular flexibility index (Phi) is 9.20. The van der Waals surface area contributed by atoms with Gasteiger partial charge in [0.05, 0.1) is 11.7 Å². The number of hydrazine groups is 1. The van der Waals surface area contributed by atoms with Crippen LogP contribution in [0.5, 0.6) is 0 Å². The van der Waals surface area contributed by atoms with Crippen molar-refractivity contribution in [2.45, 2.75) is 135 Å². The fraction of sp³-hybridized carbons (Fsp3) is 0.707. The second kappa shape index (κ2) is 12.9. The van der Waals surface area contributed by atoms with Crippen LogP contribution >= 0.6 is 0 Å². The van der Waals surface area contributed by atoms with Crippen molar-refractivity contribution in [3.05, 3.63) is 59.7 Å². The number of nitrogens with one attached hydrogen (secondary N) is 2. The third kappa shape index (κ3) is 5.55. The Morgan fingerprint density at radius 1 is 1.12 bits per heavy atom. The van der Waals surface area contributed by atoms with E-state index < -0.39 is 28.3 Å². The van der Waals surface area contributed by atoms with Crippen LogP contribution in [0.15, 0.2) is 54.1 Å². The Morgan fingerprint density at radius 2 is 1.92 bits per heavy atom. The lowest BCUT2D eigenvalue weighted by atomic mass is 9.31. The van der Waals surface area contributed by atoms with E-state index in [2.05, 4.69) is 74.1 Å². The van der Waals surface area contributed by atoms with Crippen molar-refractivity contribution < 1.29 is 29.3 Å². The van der Waals surface area contributed by atoms with Crippen LogP contribution < -0.4 is 10.9 Å². The number of ether oxygens (including phenoxy) is 2. The molecule has 4 N–H and O–H groups in total. The highest BCUT2D eigenvalue weighted by atomic mass is 16.6. The Morgan fingerprint density at radius 3 is 2.65 bits per heavy atom. The third-order valence-electron chi connectivity index (χ3n) is 14.4. The molecular weight excluding hydrogens is 616 g/mol. The standard InChI is InChI=1S/C41H58N2O6/c1-27(10-8-13-29-11-6-5-7-12-29)16-17-31-19-21-37(3)26-39(49-28(2)44)36-38(4,32-14-9-15-33(32)42-43-39)22-20-34(45)41(31,36)40(37,47)23-18-30-24-35(46)48-25-30/h5-7,11-12,19,21,24,27,31-34,36,42-43,45,47H,8-10,13-18,20,22-23,25-26H2,1-4H3/t27-,31-,32-,33-,34+,36-,37+,38+,39-,40-,41+/m1/s1. The molecule has 1 spiro atoms. The number of carbonyl (C=O) groups is 2. The molecule has 2 aliphatic heterocycles. The summed E-state index contributed by atoms with van der Waals surface area (Å²) >= 11 is 0. The van der Waals surface area contributed by atoms with Gasteiger partial charge in [-0.25, -0.2) is 10.2 Å². The van der Waals surface area contributed by atoms with E-state index >= 15 is 0 Å². The van der Waals surface area contributed by atoms with Gasteiger partial charge in [0.1, 0.15) is 6.61 Å². The van der Waals surface area contributed by atoms with Crippen molar-refractivity contribution >= 4 is 11.9 Å². The molecule has 0 unspecified atom stereocenters. The predicted octanol–water partition coefficient (Wildman–Crippen LogP) is 6.32. The molecule has 0 amide bonds. The van der Waals surface area contributed by atoms with Gasteiger partial charge >= 0.3 is 11.9 Å². The summed E-state index contributed by atoms with van der Waals surface area (Å²) in [7, 11) is 0. The number of hydrogen-bond donors (Lipinski definition) is 4. The Bertz CT molecular complexity index is 1480. The maximum atomic E-state index is 13.8. The monoisotopic (exact) mass is 674 g/mol. The van der Waals surface area contributed by atoms with Crippen molar-refractivity contribution in [1.82, 2.24) is 10.9 Å². The molecule has 7 rings (SSSR count). The molecule has 2 heterocycles. The van der Waals surface area contributed by atoms with Crippen LogP contribution in [0.2, 0.25) is 0 Å². The van der Waals surface area contributed by atoms with E-state index in [9.17, 15) is 19.8 Å². The average molecular weight is 675 g/mol. The lowest BCUT2D eigenvalue weighted by Gasteiger charge is -2.76. The van der Waals surface area contributed by atoms with Crippen molar-refractivity contribution in [1.29, 1.82) is 0 Å². The zero-order chi connectivity index (χ0) is 34.7. The minimum absolute atomic E-state index is 0.132. The molecule has 49 heavy (non-hydrogen) atoms. The largest absolute Gasteiger partial charge is 0.458 e. The normalized spacial score (nSPS) is 42.8. The van der Waals surface area contributed by atoms with E-state index in [1.54, 1.807) is 6.08 Å². The maximum absolute atomic E-state index is 13.8. The molecular formula is C41H58N2O6. The van der Waals surface area contributed by atoms with E-state index in [4.69, 9.17) is 9.47 Å². The van der Waals surface area contributed by atoms with Crippen molar-refractivity contribution in [3.8, 4) is 0 Å². The summed E-state index contributed by atoms with van der Waals surface area (Å²) in [5.41, 5.74) is 5.00. The van der Waals surface area contributed by atoms with Crippen LogP contribution in [-0.2, 0) is 25.5 Å². The zero-order valence-electron chi connectivity index (χ0n) is 30.0. The number of cyclic esters (lactones) is 1. The molecule has 6 aliphatic rings. The molecule has 3 saturated carbocycles. The smallest absolute Gasteiger partial charge is 0.331 e. The van der Waals surface area contributed by atoms with Gasteiger partial charge in [-0.1, -0.05) is 82.5 Å². The molecule has 8 heteroatoms. The number of aryl methyl sites for hydroxylation is 1. The number of aliphatic hydroxyl groups excluding tert-OH is 1. The second-order valence-electron chi connectivity index (χ2n) is 17.2. The maximum Gasteiger partial charge on any atom is 0.331 e. The number of allylic oxidation sites excluding steroid dienone is 1. The lowest BCUT2D eigenvalue weighted by Crippen LogP contribution is -2.83. The van der Waals surface area contributed by atoms with Crippen LogP contribution in [0.4, 0.5) is 0 Å². The number of carbonyl (C=O) groups excluding carboxylic acids is 2. The zero-order valence-corrected chi connectivity index (χ0v) is 30.0. The van der Waals surface area contributed by atoms with E-state index in [1.807, 2.05) is 0 Å². The number of esters is 2. The fourth-order valence-electron chi connectivity index (χ4n) is 12.4. The van der Waals surface area contributed by atoms with Crippen LogP contribution in [0.3, 0.4) is 0 Å². The molecule has 8 nitrogen and oxygen atoms in total. The van der Waals surface area contributed by atoms with Gasteiger partial charge in [0, 0.05) is 42.2 Å². The summed E-state index contributed by atoms with van der Waals surface area (Å²) in [5.74, 6) is -0.383. The van der Waals surface area contributed by atoms with E-state index in [-0.39, 0.29) is 41.8 Å². The van der Waals surface area contributed by atoms with Crippen molar-refractivity contribution in [2.24, 2.45) is 39.9 Å². The Balaban J connectivity index is 1.30. The van der Waals surface area contributed by atoms with Crippen LogP contribution in [0.25, 0.3) is 0 Å². The molecule has 4 aliphatic carbocycles. The number of hydrogen-bond acceptors (Lipinski definition) is 8. The average Bonchev–Trinajstić information content (AvgIpc) is 3.70. The summed E-state index contributed by atoms with van der Waals surface area (Å²) in [4.78, 5) is 25.2. The first-order valence-corrected chi connectivity index (χ1v) is 19.1. The van der Waals surface area contributed by atoms with E-state index in [0.29, 0.717) is 37.5 Å². The summed E-state index contributed by atoms with van der Waals surface area (Å²) < 4.78 is 11.9. The molecule has 4 fully saturated rings. The topological polar surface area (TPSA) is 117 Å². The van der Waals surface area contributed by atoms with Crippen LogP contribution in [-0.4, -0.2) is 52.2 Å². The van der Waals surface area contributed by atoms with Gasteiger partial charge in [-0.2, -0.15) is 0 Å². The third-order valence-corrected chi connectivity index (χ3v) is 14.4. The fourth-order valence-corrected chi connectivity index (χ4v) is 12.4.